The summed E-state index contributed by atoms with van der Waals surface area (Å²) in [5.41, 5.74) is 0.712. The Morgan fingerprint density at radius 2 is 1.13 bits per heavy atom. The average molecular weight is 1310 g/mol. The van der Waals surface area contributed by atoms with Gasteiger partial charge in [-0.3, -0.25) is 37.3 Å². The molecule has 0 radical (unpaired) electrons. The third-order valence-electron chi connectivity index (χ3n) is 11.2. The summed E-state index contributed by atoms with van der Waals surface area (Å²) in [6, 6.07) is 1.47. The minimum atomic E-state index is -0.718. The number of aromatic amines is 8. The molecule has 8 aromatic rings. The van der Waals surface area contributed by atoms with Crippen LogP contribution in [0, 0.1) is 5.41 Å². The molecule has 8 aromatic heterocycles. The normalized spacial score (nSPS) is 12.7. The fraction of sp³-hybridized carbons (Fsp3) is 0.661. The van der Waals surface area contributed by atoms with Crippen molar-refractivity contribution in [1.29, 1.82) is 0 Å². The van der Waals surface area contributed by atoms with Crippen LogP contribution >= 0.6 is 23.3 Å². The molecule has 34 heteroatoms. The molecule has 1 aliphatic rings. The standard InChI is InChI=1S/3C7H11NO2.C7H11NOS.C6H10N2O3.C6H10N2O2.C6H10N2OS.C5H10N4O.C5H10N4/c1-7(2,3)5-4-10-8-6(5)9;1-7(2,3)5-4-6(9)8-10-5;1-7(2,3)5-4-6(9)10-8-5;1-7(2,3)5-4-10-8-6(5)9;1-6(2,3)8-4(9)7-5(10)11-8;2*1-6(2,3)4-5(9)8-10-7-4;1-5(2,3)9-4(10)6-7-8-9;1-5(2,3)4-6-8-9-7-4/h2*4H,1-3H3,(H,8,9);4H2,1-3H3;4H,1-3H3,(H,8,9);1-3H3,(H,7,9,10);2*1-3H3,(H,8,9);1-3H3,(H,6,8,10);1-3H3,(H,6,7,8,9). The monoisotopic (exact) mass is 1310 g/mol. The molecule has 8 N–H and O–H groups in total. The number of nitrogens with zero attached hydrogens (tertiary/aromatic N) is 10. The highest BCUT2D eigenvalue weighted by Gasteiger charge is 2.28. The zero-order valence-electron chi connectivity index (χ0n) is 56.9. The Balaban J connectivity index is 0.000000506. The van der Waals surface area contributed by atoms with E-state index in [0.717, 1.165) is 33.6 Å². The fourth-order valence-corrected chi connectivity index (χ4v) is 7.62. The molecule has 0 aromatic carbocycles. The first-order chi connectivity index (χ1) is 40.6. The number of hydrogen-bond acceptors (Lipinski definition) is 24. The van der Waals surface area contributed by atoms with Gasteiger partial charge in [-0.05, 0) is 62.8 Å². The van der Waals surface area contributed by atoms with Crippen molar-refractivity contribution >= 4 is 34.9 Å². The van der Waals surface area contributed by atoms with E-state index >= 15 is 0 Å². The minimum Gasteiger partial charge on any atom is -0.387 e. The highest BCUT2D eigenvalue weighted by atomic mass is 32.1. The molecule has 32 nitrogen and oxygen atoms in total. The molecule has 0 aliphatic carbocycles. The molecular formula is C56H94N18O14S2. The second-order valence-electron chi connectivity index (χ2n) is 29.2. The van der Waals surface area contributed by atoms with Crippen molar-refractivity contribution in [2.45, 2.75) is 237 Å². The van der Waals surface area contributed by atoms with Crippen molar-refractivity contribution in [3.05, 3.63) is 135 Å². The number of carbonyl (C=O) groups excluding carboxylic acids is 1. The summed E-state index contributed by atoms with van der Waals surface area (Å²) in [7, 11) is 0. The summed E-state index contributed by atoms with van der Waals surface area (Å²) in [6.45, 7) is 52.7. The van der Waals surface area contributed by atoms with Crippen LogP contribution < -0.4 is 44.9 Å². The fourth-order valence-electron chi connectivity index (χ4n) is 6.10. The van der Waals surface area contributed by atoms with Gasteiger partial charge in [0.05, 0.1) is 28.8 Å². The van der Waals surface area contributed by atoms with E-state index < -0.39 is 17.0 Å². The Bertz CT molecular complexity index is 3580. The summed E-state index contributed by atoms with van der Waals surface area (Å²) in [6.07, 6.45) is 1.81. The largest absolute Gasteiger partial charge is 0.440 e. The molecular weight excluding hydrogens is 1210 g/mol. The molecule has 1 aliphatic heterocycles. The maximum absolute atomic E-state index is 11.0. The molecule has 0 amide bonds. The van der Waals surface area contributed by atoms with E-state index in [1.165, 1.54) is 28.5 Å². The highest BCUT2D eigenvalue weighted by Crippen LogP contribution is 2.23. The molecule has 504 valence electrons. The third kappa shape index (κ3) is 27.9. The van der Waals surface area contributed by atoms with Gasteiger partial charge in [-0.1, -0.05) is 172 Å². The third-order valence-corrected chi connectivity index (χ3v) is 12.4. The molecule has 0 fully saturated rings. The Morgan fingerprint density at radius 3 is 1.33 bits per heavy atom. The average Bonchev–Trinajstić information content (AvgIpc) is 3.10. The van der Waals surface area contributed by atoms with E-state index in [1.807, 2.05) is 177 Å². The second-order valence-corrected chi connectivity index (χ2v) is 30.4. The van der Waals surface area contributed by atoms with Crippen LogP contribution in [0.15, 0.2) is 79.4 Å². The van der Waals surface area contributed by atoms with Crippen molar-refractivity contribution < 1.29 is 27.8 Å². The van der Waals surface area contributed by atoms with Crippen LogP contribution in [-0.2, 0) is 53.2 Å². The molecule has 0 unspecified atom stereocenters. The van der Waals surface area contributed by atoms with Gasteiger partial charge in [-0.25, -0.2) is 29.3 Å². The lowest BCUT2D eigenvalue weighted by atomic mass is 9.88. The predicted octanol–water partition coefficient (Wildman–Crippen LogP) is 7.49. The quantitative estimate of drug-likeness (QED) is 0.0681. The summed E-state index contributed by atoms with van der Waals surface area (Å²) in [4.78, 5) is 104. The molecule has 0 saturated carbocycles. The van der Waals surface area contributed by atoms with E-state index in [4.69, 9.17) is 4.52 Å². The molecule has 0 spiro atoms. The molecule has 0 bridgehead atoms. The van der Waals surface area contributed by atoms with Crippen LogP contribution in [0.25, 0.3) is 0 Å². The van der Waals surface area contributed by atoms with Gasteiger partial charge in [0, 0.05) is 55.8 Å². The van der Waals surface area contributed by atoms with Crippen LogP contribution in [0.2, 0.25) is 0 Å². The van der Waals surface area contributed by atoms with Crippen LogP contribution in [0.3, 0.4) is 0 Å². The molecule has 0 saturated heterocycles. The van der Waals surface area contributed by atoms with E-state index in [2.05, 4.69) is 93.6 Å². The van der Waals surface area contributed by atoms with E-state index in [0.29, 0.717) is 29.1 Å². The van der Waals surface area contributed by atoms with Gasteiger partial charge in [-0.2, -0.15) is 29.7 Å². The Hall–Kier alpha value is -8.43. The van der Waals surface area contributed by atoms with Gasteiger partial charge in [0.2, 0.25) is 0 Å². The number of hydrogen-bond donors (Lipinski definition) is 8. The Morgan fingerprint density at radius 1 is 0.556 bits per heavy atom. The maximum Gasteiger partial charge on any atom is 0.440 e. The van der Waals surface area contributed by atoms with E-state index in [-0.39, 0.29) is 82.9 Å². The van der Waals surface area contributed by atoms with Crippen LogP contribution in [-0.4, -0.2) is 96.0 Å². The summed E-state index contributed by atoms with van der Waals surface area (Å²) >= 11 is 2.46. The predicted molar refractivity (Wildman–Crippen MR) is 342 cm³/mol. The number of rotatable bonds is 0. The Kier molecular flexibility index (Phi) is 28.2. The first kappa shape index (κ1) is 79.6. The SMILES string of the molecule is CC(C)(C)C1=NOC(=O)C1.CC(C)(C)c1cc(=O)[nH]o1.CC(C)(C)c1co[nH]c1=O.CC(C)(C)c1cs[nH]c1=O.CC(C)(C)c1nn[nH]n1.CC(C)(C)c1no[nH]c1=O.CC(C)(C)c1ns[nH]c1=O.CC(C)(C)n1nn[nH]c1=O.CC(C)(C)n1oc(=O)[nH]c1=O. The smallest absolute Gasteiger partial charge is 0.387 e. The van der Waals surface area contributed by atoms with Crippen LogP contribution in [0.1, 0.15) is 227 Å². The van der Waals surface area contributed by atoms with Crippen LogP contribution in [0.5, 0.6) is 0 Å². The number of aromatic nitrogens is 17. The first-order valence-corrected chi connectivity index (χ1v) is 29.7. The van der Waals surface area contributed by atoms with Gasteiger partial charge >= 0.3 is 28.7 Å². The summed E-state index contributed by atoms with van der Waals surface area (Å²) in [5.74, 6) is 0.481. The van der Waals surface area contributed by atoms with Crippen molar-refractivity contribution in [2.24, 2.45) is 10.6 Å². The lowest BCUT2D eigenvalue weighted by Crippen LogP contribution is -2.33. The topological polar surface area (TPSA) is 454 Å². The van der Waals surface area contributed by atoms with Gasteiger partial charge < -0.3 is 18.4 Å². The van der Waals surface area contributed by atoms with Gasteiger partial charge in [0.1, 0.15) is 17.7 Å². The van der Waals surface area contributed by atoms with Crippen molar-refractivity contribution in [3.63, 3.8) is 0 Å². The van der Waals surface area contributed by atoms with Gasteiger partial charge in [-0.15, -0.1) is 14.9 Å². The van der Waals surface area contributed by atoms with E-state index in [9.17, 15) is 43.2 Å². The lowest BCUT2D eigenvalue weighted by molar-refractivity contribution is -0.140. The number of oxime groups is 1. The zero-order valence-corrected chi connectivity index (χ0v) is 58.6. The van der Waals surface area contributed by atoms with Crippen LogP contribution in [0.4, 0.5) is 0 Å². The van der Waals surface area contributed by atoms with Crippen molar-refractivity contribution in [2.75, 3.05) is 0 Å². The lowest BCUT2D eigenvalue weighted by Gasteiger charge is -2.15. The number of tetrazole rings is 2. The number of H-pyrrole nitrogens is 8. The highest BCUT2D eigenvalue weighted by molar-refractivity contribution is 7.03. The first-order valence-electron chi connectivity index (χ1n) is 28.1. The zero-order chi connectivity index (χ0) is 70.0. The maximum atomic E-state index is 11.0. The summed E-state index contributed by atoms with van der Waals surface area (Å²) < 4.78 is 30.0. The molecule has 90 heavy (non-hydrogen) atoms. The van der Waals surface area contributed by atoms with Gasteiger partial charge in [0.15, 0.2) is 11.5 Å². The van der Waals surface area contributed by atoms with Crippen molar-refractivity contribution in [1.82, 2.24) is 84.3 Å². The Labute approximate surface area is 527 Å². The van der Waals surface area contributed by atoms with Gasteiger partial charge in [0.25, 0.3) is 22.2 Å². The number of nitrogens with one attached hydrogen (secondary N) is 8. The molecule has 9 rings (SSSR count). The second kappa shape index (κ2) is 31.8. The van der Waals surface area contributed by atoms with E-state index in [1.54, 1.807) is 20.8 Å². The minimum absolute atomic E-state index is 0.00694. The molecule has 0 atom stereocenters. The van der Waals surface area contributed by atoms with Crippen molar-refractivity contribution in [3.8, 4) is 0 Å². The number of carbonyl (C=O) groups is 1. The summed E-state index contributed by atoms with van der Waals surface area (Å²) in [5, 5.41) is 38.4. The molecule has 9 heterocycles.